The van der Waals surface area contributed by atoms with Gasteiger partial charge in [0.15, 0.2) is 5.54 Å². The predicted molar refractivity (Wildman–Crippen MR) is 144 cm³/mol. The van der Waals surface area contributed by atoms with Gasteiger partial charge in [-0.3, -0.25) is 14.9 Å². The SMILES string of the molecule is CCNC(=O)N(C(=O)OC(C)(C)C)[C@](C)(COCc1ccccc1)C(=O)N1CCc2ccc([N+](=O)[O-])cc2C1. The summed E-state index contributed by atoms with van der Waals surface area (Å²) in [6.45, 7) is 8.63. The third-order valence-electron chi connectivity index (χ3n) is 6.26. The van der Waals surface area contributed by atoms with Crippen molar-refractivity contribution in [2.45, 2.75) is 65.3 Å². The highest BCUT2D eigenvalue weighted by Crippen LogP contribution is 2.29. The number of hydrogen-bond donors (Lipinski definition) is 1. The van der Waals surface area contributed by atoms with Gasteiger partial charge in [0.05, 0.1) is 18.1 Å². The molecule has 1 aliphatic rings. The second-order valence-corrected chi connectivity index (χ2v) is 10.6. The number of amides is 4. The van der Waals surface area contributed by atoms with Crippen LogP contribution < -0.4 is 5.32 Å². The number of imide groups is 1. The first kappa shape index (κ1) is 29.6. The minimum Gasteiger partial charge on any atom is -0.443 e. The quantitative estimate of drug-likeness (QED) is 0.387. The number of non-ortho nitro benzene ring substituents is 1. The molecule has 2 aromatic carbocycles. The van der Waals surface area contributed by atoms with Crippen molar-refractivity contribution in [3.63, 3.8) is 0 Å². The fraction of sp³-hybridized carbons (Fsp3) is 0.464. The molecule has 11 nitrogen and oxygen atoms in total. The van der Waals surface area contributed by atoms with Crippen LogP contribution in [0.3, 0.4) is 0 Å². The molecular weight excluding hydrogens is 504 g/mol. The number of carbonyl (C=O) groups is 3. The summed E-state index contributed by atoms with van der Waals surface area (Å²) >= 11 is 0. The number of nitrogens with one attached hydrogen (secondary N) is 1. The maximum Gasteiger partial charge on any atom is 0.419 e. The molecule has 4 amide bonds. The van der Waals surface area contributed by atoms with Gasteiger partial charge in [-0.1, -0.05) is 36.4 Å². The Bertz CT molecular complexity index is 1210. The Kier molecular flexibility index (Phi) is 9.28. The first-order valence-electron chi connectivity index (χ1n) is 12.8. The molecule has 11 heteroatoms. The van der Waals surface area contributed by atoms with E-state index in [2.05, 4.69) is 5.32 Å². The third-order valence-corrected chi connectivity index (χ3v) is 6.26. The van der Waals surface area contributed by atoms with Gasteiger partial charge in [-0.25, -0.2) is 14.5 Å². The molecule has 0 saturated heterocycles. The lowest BCUT2D eigenvalue weighted by Crippen LogP contribution is -2.66. The molecule has 0 aromatic heterocycles. The van der Waals surface area contributed by atoms with Gasteiger partial charge in [-0.2, -0.15) is 0 Å². The van der Waals surface area contributed by atoms with Gasteiger partial charge in [0.2, 0.25) is 0 Å². The van der Waals surface area contributed by atoms with Crippen LogP contribution in [0.4, 0.5) is 15.3 Å². The van der Waals surface area contributed by atoms with Crippen LogP contribution in [0.1, 0.15) is 51.3 Å². The van der Waals surface area contributed by atoms with Crippen LogP contribution in [0.2, 0.25) is 0 Å². The van der Waals surface area contributed by atoms with E-state index in [4.69, 9.17) is 9.47 Å². The average Bonchev–Trinajstić information content (AvgIpc) is 2.87. The largest absolute Gasteiger partial charge is 0.443 e. The van der Waals surface area contributed by atoms with E-state index in [0.717, 1.165) is 16.0 Å². The molecule has 3 rings (SSSR count). The number of benzene rings is 2. The Balaban J connectivity index is 1.98. The van der Waals surface area contributed by atoms with Crippen molar-refractivity contribution in [1.29, 1.82) is 0 Å². The van der Waals surface area contributed by atoms with Gasteiger partial charge in [-0.05, 0) is 57.7 Å². The van der Waals surface area contributed by atoms with Gasteiger partial charge in [-0.15, -0.1) is 0 Å². The Labute approximate surface area is 228 Å². The summed E-state index contributed by atoms with van der Waals surface area (Å²) in [7, 11) is 0. The second kappa shape index (κ2) is 12.2. The zero-order valence-electron chi connectivity index (χ0n) is 23.1. The molecule has 0 aliphatic carbocycles. The second-order valence-electron chi connectivity index (χ2n) is 10.6. The van der Waals surface area contributed by atoms with Crippen molar-refractivity contribution in [3.05, 3.63) is 75.3 Å². The summed E-state index contributed by atoms with van der Waals surface area (Å²) in [5.41, 5.74) is -0.394. The highest BCUT2D eigenvalue weighted by atomic mass is 16.6. The Morgan fingerprint density at radius 1 is 1.08 bits per heavy atom. The Hall–Kier alpha value is -3.99. The lowest BCUT2D eigenvalue weighted by atomic mass is 9.94. The van der Waals surface area contributed by atoms with E-state index >= 15 is 0 Å². The van der Waals surface area contributed by atoms with Crippen molar-refractivity contribution in [1.82, 2.24) is 15.1 Å². The smallest absolute Gasteiger partial charge is 0.419 e. The van der Waals surface area contributed by atoms with E-state index in [1.54, 1.807) is 33.8 Å². The maximum absolute atomic E-state index is 14.2. The lowest BCUT2D eigenvalue weighted by molar-refractivity contribution is -0.385. The van der Waals surface area contributed by atoms with Crippen LogP contribution in [-0.2, 0) is 33.8 Å². The molecule has 1 atom stereocenters. The zero-order chi connectivity index (χ0) is 28.8. The van der Waals surface area contributed by atoms with Gasteiger partial charge < -0.3 is 19.7 Å². The highest BCUT2D eigenvalue weighted by molar-refractivity contribution is 6.00. The normalized spacial score (nSPS) is 14.5. The minimum atomic E-state index is -1.78. The predicted octanol–water partition coefficient (Wildman–Crippen LogP) is 4.42. The van der Waals surface area contributed by atoms with Crippen LogP contribution in [-0.4, -0.2) is 63.6 Å². The molecule has 0 unspecified atom stereocenters. The number of nitro benzene ring substituents is 1. The van der Waals surface area contributed by atoms with Crippen LogP contribution in [0.5, 0.6) is 0 Å². The monoisotopic (exact) mass is 540 g/mol. The molecule has 1 N–H and O–H groups in total. The number of carbonyl (C=O) groups excluding carboxylic acids is 3. The first-order valence-corrected chi connectivity index (χ1v) is 12.8. The molecule has 1 heterocycles. The van der Waals surface area contributed by atoms with E-state index in [0.29, 0.717) is 18.5 Å². The van der Waals surface area contributed by atoms with E-state index in [1.165, 1.54) is 24.0 Å². The molecule has 210 valence electrons. The number of fused-ring (bicyclic) bond motifs is 1. The topological polar surface area (TPSA) is 131 Å². The summed E-state index contributed by atoms with van der Waals surface area (Å²) < 4.78 is 11.5. The van der Waals surface area contributed by atoms with Gasteiger partial charge in [0.25, 0.3) is 11.6 Å². The van der Waals surface area contributed by atoms with Crippen molar-refractivity contribution in [3.8, 4) is 0 Å². The molecule has 39 heavy (non-hydrogen) atoms. The van der Waals surface area contributed by atoms with Crippen LogP contribution in [0, 0.1) is 10.1 Å². The fourth-order valence-corrected chi connectivity index (χ4v) is 4.38. The number of ether oxygens (including phenoxy) is 2. The molecule has 0 radical (unpaired) electrons. The number of hydrogen-bond acceptors (Lipinski definition) is 7. The molecule has 1 aliphatic heterocycles. The van der Waals surface area contributed by atoms with Gasteiger partial charge in [0.1, 0.15) is 5.60 Å². The zero-order valence-corrected chi connectivity index (χ0v) is 23.1. The van der Waals surface area contributed by atoms with Crippen LogP contribution in [0.15, 0.2) is 48.5 Å². The van der Waals surface area contributed by atoms with Crippen molar-refractivity contribution < 1.29 is 28.8 Å². The van der Waals surface area contributed by atoms with E-state index in [1.807, 2.05) is 30.3 Å². The molecule has 0 saturated carbocycles. The van der Waals surface area contributed by atoms with Gasteiger partial charge in [0, 0.05) is 31.8 Å². The van der Waals surface area contributed by atoms with Gasteiger partial charge >= 0.3 is 12.1 Å². The number of nitrogens with zero attached hydrogens (tertiary/aromatic N) is 3. The molecule has 2 aromatic rings. The lowest BCUT2D eigenvalue weighted by Gasteiger charge is -2.42. The number of nitro groups is 1. The summed E-state index contributed by atoms with van der Waals surface area (Å²) in [4.78, 5) is 54.0. The van der Waals surface area contributed by atoms with E-state index in [-0.39, 0.29) is 32.0 Å². The Morgan fingerprint density at radius 3 is 2.38 bits per heavy atom. The van der Waals surface area contributed by atoms with Crippen molar-refractivity contribution in [2.75, 3.05) is 19.7 Å². The van der Waals surface area contributed by atoms with Crippen molar-refractivity contribution >= 4 is 23.7 Å². The fourth-order valence-electron chi connectivity index (χ4n) is 4.38. The van der Waals surface area contributed by atoms with E-state index < -0.39 is 34.1 Å². The summed E-state index contributed by atoms with van der Waals surface area (Å²) in [5.74, 6) is -0.537. The van der Waals surface area contributed by atoms with Crippen molar-refractivity contribution in [2.24, 2.45) is 0 Å². The van der Waals surface area contributed by atoms with E-state index in [9.17, 15) is 24.5 Å². The molecule has 0 spiro atoms. The average molecular weight is 541 g/mol. The summed E-state index contributed by atoms with van der Waals surface area (Å²) in [5, 5.41) is 13.9. The highest BCUT2D eigenvalue weighted by Gasteiger charge is 2.50. The number of urea groups is 1. The third kappa shape index (κ3) is 7.32. The molecular formula is C28H36N4O7. The first-order chi connectivity index (χ1) is 18.4. The molecule has 0 bridgehead atoms. The Morgan fingerprint density at radius 2 is 1.77 bits per heavy atom. The van der Waals surface area contributed by atoms with Crippen LogP contribution >= 0.6 is 0 Å². The minimum absolute atomic E-state index is 0.0743. The molecule has 0 fully saturated rings. The number of rotatable bonds is 8. The standard InChI is InChI=1S/C28H36N4O7/c1-6-29-25(34)31(26(35)39-27(2,3)4)28(5,19-38-18-20-10-8-7-9-11-20)24(33)30-15-14-21-12-13-23(32(36)37)16-22(21)17-30/h7-13,16H,6,14-15,17-19H2,1-5H3,(H,29,34)/t28-/m1/s1. The summed E-state index contributed by atoms with van der Waals surface area (Å²) in [6, 6.07) is 13.1. The maximum atomic E-state index is 14.2. The van der Waals surface area contributed by atoms with Crippen LogP contribution in [0.25, 0.3) is 0 Å². The summed E-state index contributed by atoms with van der Waals surface area (Å²) in [6.07, 6.45) is -0.520.